The van der Waals surface area contributed by atoms with Gasteiger partial charge in [-0.25, -0.2) is 8.91 Å². The second kappa shape index (κ2) is 7.91. The lowest BCUT2D eigenvalue weighted by Crippen LogP contribution is -2.38. The van der Waals surface area contributed by atoms with Gasteiger partial charge >= 0.3 is 0 Å². The summed E-state index contributed by atoms with van der Waals surface area (Å²) < 4.78 is 27.2. The van der Waals surface area contributed by atoms with E-state index >= 15 is 0 Å². The third-order valence-electron chi connectivity index (χ3n) is 4.69. The van der Waals surface area contributed by atoms with E-state index in [4.69, 9.17) is 21.1 Å². The van der Waals surface area contributed by atoms with Gasteiger partial charge in [0.25, 0.3) is 5.91 Å². The molecule has 2 bridgehead atoms. The van der Waals surface area contributed by atoms with E-state index in [0.29, 0.717) is 11.3 Å². The molecule has 1 aromatic carbocycles. The molecule has 2 aromatic heterocycles. The van der Waals surface area contributed by atoms with Crippen LogP contribution in [-0.4, -0.2) is 50.9 Å². The van der Waals surface area contributed by atoms with Crippen molar-refractivity contribution in [2.75, 3.05) is 19.7 Å². The molecule has 1 aliphatic heterocycles. The first kappa shape index (κ1) is 20.1. The Morgan fingerprint density at radius 3 is 2.93 bits per heavy atom. The van der Waals surface area contributed by atoms with Gasteiger partial charge in [-0.05, 0) is 26.0 Å². The second-order valence-corrected chi connectivity index (χ2v) is 7.28. The Balaban J connectivity index is 1.84. The van der Waals surface area contributed by atoms with Crippen LogP contribution in [0.25, 0.3) is 5.65 Å². The molecule has 3 heterocycles. The van der Waals surface area contributed by atoms with Gasteiger partial charge in [0.2, 0.25) is 5.88 Å². The zero-order valence-electron chi connectivity index (χ0n) is 16.3. The zero-order valence-corrected chi connectivity index (χ0v) is 17.0. The van der Waals surface area contributed by atoms with E-state index in [1.54, 1.807) is 19.2 Å². The SMILES string of the molecule is CC(=O)CN1CCOc2ccc(F)c(Cl)c2C(C)Oc2ccn3ncc(c3n2)C1=O. The summed E-state index contributed by atoms with van der Waals surface area (Å²) >= 11 is 6.20. The Morgan fingerprint density at radius 1 is 1.37 bits per heavy atom. The number of Topliss-reactive ketones (excluding diaryl/α,β-unsaturated/α-hetero) is 1. The van der Waals surface area contributed by atoms with E-state index in [2.05, 4.69) is 10.1 Å². The molecule has 1 aliphatic rings. The predicted octanol–water partition coefficient (Wildman–Crippen LogP) is 3.09. The highest BCUT2D eigenvalue weighted by molar-refractivity contribution is 6.31. The van der Waals surface area contributed by atoms with Crippen molar-refractivity contribution in [1.82, 2.24) is 19.5 Å². The third kappa shape index (κ3) is 3.68. The van der Waals surface area contributed by atoms with Crippen molar-refractivity contribution in [3.8, 4) is 11.6 Å². The minimum Gasteiger partial charge on any atom is -0.491 e. The van der Waals surface area contributed by atoms with Gasteiger partial charge in [0.05, 0.1) is 29.9 Å². The van der Waals surface area contributed by atoms with Crippen molar-refractivity contribution >= 4 is 28.9 Å². The largest absolute Gasteiger partial charge is 0.491 e. The van der Waals surface area contributed by atoms with Crippen molar-refractivity contribution in [3.05, 3.63) is 52.6 Å². The van der Waals surface area contributed by atoms with Gasteiger partial charge in [-0.2, -0.15) is 10.1 Å². The lowest BCUT2D eigenvalue weighted by atomic mass is 10.1. The van der Waals surface area contributed by atoms with Gasteiger partial charge in [-0.15, -0.1) is 0 Å². The summed E-state index contributed by atoms with van der Waals surface area (Å²) in [4.78, 5) is 30.6. The molecule has 8 nitrogen and oxygen atoms in total. The summed E-state index contributed by atoms with van der Waals surface area (Å²) in [5, 5.41) is 4.03. The number of benzene rings is 1. The fourth-order valence-corrected chi connectivity index (χ4v) is 3.63. The van der Waals surface area contributed by atoms with Crippen LogP contribution in [-0.2, 0) is 4.79 Å². The molecule has 4 rings (SSSR count). The summed E-state index contributed by atoms with van der Waals surface area (Å²) in [5.74, 6) is -0.660. The standard InChI is InChI=1S/C20H18ClFN4O4/c1-11(27)10-25-7-8-29-15-4-3-14(22)18(21)17(15)12(2)30-16-5-6-26-19(24-16)13(9-23-26)20(25)28/h3-6,9,12H,7-8,10H2,1-2H3. The Kier molecular flexibility index (Phi) is 5.29. The fraction of sp³-hybridized carbons (Fsp3) is 0.300. The van der Waals surface area contributed by atoms with Crippen LogP contribution >= 0.6 is 11.6 Å². The summed E-state index contributed by atoms with van der Waals surface area (Å²) in [7, 11) is 0. The number of hydrogen-bond donors (Lipinski definition) is 0. The maximum absolute atomic E-state index is 14.1. The molecule has 3 aromatic rings. The van der Waals surface area contributed by atoms with Gasteiger partial charge in [0.1, 0.15) is 35.6 Å². The number of aromatic nitrogens is 3. The van der Waals surface area contributed by atoms with E-state index in [1.807, 2.05) is 0 Å². The molecule has 0 saturated carbocycles. The van der Waals surface area contributed by atoms with Gasteiger partial charge in [-0.1, -0.05) is 11.6 Å². The number of carbonyl (C=O) groups is 2. The molecule has 1 amide bonds. The van der Waals surface area contributed by atoms with E-state index in [9.17, 15) is 14.0 Å². The number of rotatable bonds is 2. The minimum absolute atomic E-state index is 0.0656. The summed E-state index contributed by atoms with van der Waals surface area (Å²) in [6, 6.07) is 4.23. The molecular formula is C20H18ClFN4O4. The number of halogens is 2. The lowest BCUT2D eigenvalue weighted by Gasteiger charge is -2.22. The molecule has 0 radical (unpaired) electrons. The Hall–Kier alpha value is -3.20. The molecule has 1 atom stereocenters. The van der Waals surface area contributed by atoms with Crippen molar-refractivity contribution in [1.29, 1.82) is 0 Å². The van der Waals surface area contributed by atoms with Crippen molar-refractivity contribution in [2.45, 2.75) is 20.0 Å². The number of hydrogen-bond acceptors (Lipinski definition) is 6. The first-order valence-electron chi connectivity index (χ1n) is 9.25. The summed E-state index contributed by atoms with van der Waals surface area (Å²) in [6.07, 6.45) is 2.31. The molecular weight excluding hydrogens is 415 g/mol. The quantitative estimate of drug-likeness (QED) is 0.618. The van der Waals surface area contributed by atoms with Crippen LogP contribution in [0, 0.1) is 5.82 Å². The zero-order chi connectivity index (χ0) is 21.4. The molecule has 10 heteroatoms. The monoisotopic (exact) mass is 432 g/mol. The highest BCUT2D eigenvalue weighted by Gasteiger charge is 2.25. The number of ketones is 1. The average Bonchev–Trinajstić information content (AvgIpc) is 3.11. The van der Waals surface area contributed by atoms with Crippen LogP contribution in [0.5, 0.6) is 11.6 Å². The summed E-state index contributed by atoms with van der Waals surface area (Å²) in [5.41, 5.74) is 0.843. The van der Waals surface area contributed by atoms with Gasteiger partial charge in [-0.3, -0.25) is 9.59 Å². The third-order valence-corrected chi connectivity index (χ3v) is 5.07. The molecule has 0 aliphatic carbocycles. The number of nitrogens with zero attached hydrogens (tertiary/aromatic N) is 4. The van der Waals surface area contributed by atoms with Gasteiger partial charge in [0, 0.05) is 12.3 Å². The van der Waals surface area contributed by atoms with Crippen LogP contribution in [0.2, 0.25) is 5.02 Å². The second-order valence-electron chi connectivity index (χ2n) is 6.90. The molecule has 0 spiro atoms. The smallest absolute Gasteiger partial charge is 0.259 e. The number of fused-ring (bicyclic) bond motifs is 2. The molecule has 1 unspecified atom stereocenters. The highest BCUT2D eigenvalue weighted by atomic mass is 35.5. The van der Waals surface area contributed by atoms with E-state index < -0.39 is 17.8 Å². The first-order chi connectivity index (χ1) is 14.3. The Bertz CT molecular complexity index is 1150. The van der Waals surface area contributed by atoms with E-state index in [-0.39, 0.29) is 47.6 Å². The Morgan fingerprint density at radius 2 is 2.17 bits per heavy atom. The van der Waals surface area contributed by atoms with E-state index in [1.165, 1.54) is 34.7 Å². The maximum Gasteiger partial charge on any atom is 0.259 e. The highest BCUT2D eigenvalue weighted by Crippen LogP contribution is 2.36. The number of amides is 1. The minimum atomic E-state index is -0.686. The van der Waals surface area contributed by atoms with Gasteiger partial charge in [0.15, 0.2) is 5.65 Å². The topological polar surface area (TPSA) is 86.0 Å². The molecule has 0 saturated heterocycles. The maximum atomic E-state index is 14.1. The average molecular weight is 433 g/mol. The van der Waals surface area contributed by atoms with E-state index in [0.717, 1.165) is 0 Å². The van der Waals surface area contributed by atoms with Crippen LogP contribution in [0.15, 0.2) is 30.6 Å². The van der Waals surface area contributed by atoms with Crippen molar-refractivity contribution < 1.29 is 23.5 Å². The Labute approximate surface area is 176 Å². The van der Waals surface area contributed by atoms with Crippen LogP contribution in [0.4, 0.5) is 4.39 Å². The predicted molar refractivity (Wildman–Crippen MR) is 106 cm³/mol. The van der Waals surface area contributed by atoms with Gasteiger partial charge < -0.3 is 14.4 Å². The van der Waals surface area contributed by atoms with Crippen molar-refractivity contribution in [2.24, 2.45) is 0 Å². The van der Waals surface area contributed by atoms with Crippen LogP contribution in [0.1, 0.15) is 35.9 Å². The molecule has 0 N–H and O–H groups in total. The fourth-order valence-electron chi connectivity index (χ4n) is 3.32. The number of carbonyl (C=O) groups excluding carboxylic acids is 2. The molecule has 30 heavy (non-hydrogen) atoms. The van der Waals surface area contributed by atoms with Crippen molar-refractivity contribution in [3.63, 3.8) is 0 Å². The summed E-state index contributed by atoms with van der Waals surface area (Å²) in [6.45, 7) is 3.19. The first-order valence-corrected chi connectivity index (χ1v) is 9.63. The van der Waals surface area contributed by atoms with Crippen LogP contribution in [0.3, 0.4) is 0 Å². The number of ether oxygens (including phenoxy) is 2. The normalized spacial score (nSPS) is 16.9. The molecule has 156 valence electrons. The van der Waals surface area contributed by atoms with Crippen LogP contribution < -0.4 is 9.47 Å². The lowest BCUT2D eigenvalue weighted by molar-refractivity contribution is -0.117. The molecule has 0 fully saturated rings.